The van der Waals surface area contributed by atoms with Crippen LogP contribution in [0.2, 0.25) is 0 Å². The number of aryl methyl sites for hydroxylation is 1. The molecule has 0 heterocycles. The Labute approximate surface area is 144 Å². The van der Waals surface area contributed by atoms with E-state index in [-0.39, 0.29) is 0 Å². The number of ether oxygens (including phenoxy) is 1. The number of guanidine groups is 1. The summed E-state index contributed by atoms with van der Waals surface area (Å²) >= 11 is 0. The van der Waals surface area contributed by atoms with Gasteiger partial charge in [0.1, 0.15) is 0 Å². The van der Waals surface area contributed by atoms with Crippen molar-refractivity contribution < 1.29 is 4.74 Å². The number of hydrogen-bond donors (Lipinski definition) is 2. The second-order valence-electron chi connectivity index (χ2n) is 5.65. The minimum atomic E-state index is 0.451. The van der Waals surface area contributed by atoms with Crippen molar-refractivity contribution in [2.24, 2.45) is 10.7 Å². The largest absolute Gasteiger partial charge is 0.381 e. The van der Waals surface area contributed by atoms with Crippen LogP contribution in [-0.2, 0) is 17.6 Å². The molecule has 0 spiro atoms. The van der Waals surface area contributed by atoms with E-state index in [1.807, 2.05) is 18.2 Å². The molecule has 0 bridgehead atoms. The van der Waals surface area contributed by atoms with Crippen LogP contribution in [0.5, 0.6) is 0 Å². The number of benzene rings is 2. The normalized spacial score (nSPS) is 11.5. The van der Waals surface area contributed by atoms with Gasteiger partial charge in [-0.1, -0.05) is 49.4 Å². The number of nitrogens with one attached hydrogen (secondary N) is 1. The van der Waals surface area contributed by atoms with Gasteiger partial charge in [0.2, 0.25) is 0 Å². The highest BCUT2D eigenvalue weighted by atomic mass is 16.5. The first-order chi connectivity index (χ1) is 11.8. The summed E-state index contributed by atoms with van der Waals surface area (Å²) in [5, 5.41) is 3.13. The van der Waals surface area contributed by atoms with Crippen LogP contribution in [0.15, 0.2) is 59.6 Å². The van der Waals surface area contributed by atoms with Gasteiger partial charge in [0.25, 0.3) is 0 Å². The van der Waals surface area contributed by atoms with Crippen molar-refractivity contribution in [2.75, 3.05) is 25.1 Å². The molecule has 2 aromatic carbocycles. The number of nitrogens with two attached hydrogens (primary N) is 1. The topological polar surface area (TPSA) is 59.6 Å². The molecule has 0 aromatic heterocycles. The minimum absolute atomic E-state index is 0.451. The first kappa shape index (κ1) is 18.0. The minimum Gasteiger partial charge on any atom is -0.381 e. The fourth-order valence-corrected chi connectivity index (χ4v) is 2.36. The van der Waals surface area contributed by atoms with Crippen LogP contribution in [0.3, 0.4) is 0 Å². The van der Waals surface area contributed by atoms with Crippen molar-refractivity contribution >= 4 is 11.6 Å². The smallest absolute Gasteiger partial charge is 0.193 e. The quantitative estimate of drug-likeness (QED) is 0.420. The first-order valence-corrected chi connectivity index (χ1v) is 8.55. The summed E-state index contributed by atoms with van der Waals surface area (Å²) in [6.07, 6.45) is 2.82. The van der Waals surface area contributed by atoms with Gasteiger partial charge in [0.15, 0.2) is 5.96 Å². The van der Waals surface area contributed by atoms with Crippen LogP contribution < -0.4 is 11.1 Å². The number of aliphatic imine (C=N–C) groups is 1. The Hall–Kier alpha value is -2.33. The molecule has 0 amide bonds. The van der Waals surface area contributed by atoms with Gasteiger partial charge in [-0.2, -0.15) is 0 Å². The van der Waals surface area contributed by atoms with Gasteiger partial charge in [-0.15, -0.1) is 0 Å². The highest BCUT2D eigenvalue weighted by Crippen LogP contribution is 2.10. The Kier molecular flexibility index (Phi) is 7.84. The predicted octanol–water partition coefficient (Wildman–Crippen LogP) is 3.63. The highest BCUT2D eigenvalue weighted by Gasteiger charge is 1.97. The van der Waals surface area contributed by atoms with E-state index in [9.17, 15) is 0 Å². The third-order valence-electron chi connectivity index (χ3n) is 3.71. The third kappa shape index (κ3) is 6.84. The van der Waals surface area contributed by atoms with Gasteiger partial charge in [-0.05, 0) is 42.5 Å². The zero-order chi connectivity index (χ0) is 17.0. The molecular formula is C20H27N3O. The lowest BCUT2D eigenvalue weighted by atomic mass is 10.1. The van der Waals surface area contributed by atoms with Gasteiger partial charge in [-0.25, -0.2) is 0 Å². The number of anilines is 1. The van der Waals surface area contributed by atoms with Crippen molar-refractivity contribution in [1.82, 2.24) is 0 Å². The Morgan fingerprint density at radius 2 is 1.83 bits per heavy atom. The van der Waals surface area contributed by atoms with E-state index in [0.717, 1.165) is 31.6 Å². The average molecular weight is 325 g/mol. The van der Waals surface area contributed by atoms with Crippen molar-refractivity contribution in [3.8, 4) is 0 Å². The number of nitrogens with zero attached hydrogens (tertiary/aromatic N) is 1. The molecule has 0 atom stereocenters. The fraction of sp³-hybridized carbons (Fsp3) is 0.350. The van der Waals surface area contributed by atoms with Crippen molar-refractivity contribution in [1.29, 1.82) is 0 Å². The molecule has 0 aliphatic rings. The molecule has 128 valence electrons. The third-order valence-corrected chi connectivity index (χ3v) is 3.71. The molecule has 0 aliphatic heterocycles. The van der Waals surface area contributed by atoms with Crippen LogP contribution in [0.1, 0.15) is 24.5 Å². The van der Waals surface area contributed by atoms with E-state index < -0.39 is 0 Å². The molecule has 2 rings (SSSR count). The van der Waals surface area contributed by atoms with Crippen LogP contribution >= 0.6 is 0 Å². The van der Waals surface area contributed by atoms with Crippen LogP contribution in [-0.4, -0.2) is 25.7 Å². The van der Waals surface area contributed by atoms with Gasteiger partial charge in [-0.3, -0.25) is 4.99 Å². The first-order valence-electron chi connectivity index (χ1n) is 8.55. The molecule has 24 heavy (non-hydrogen) atoms. The summed E-state index contributed by atoms with van der Waals surface area (Å²) in [7, 11) is 0. The molecule has 0 radical (unpaired) electrons. The van der Waals surface area contributed by atoms with Crippen LogP contribution in [0.4, 0.5) is 5.69 Å². The molecular weight excluding hydrogens is 298 g/mol. The zero-order valence-corrected chi connectivity index (χ0v) is 14.4. The van der Waals surface area contributed by atoms with E-state index >= 15 is 0 Å². The fourth-order valence-electron chi connectivity index (χ4n) is 2.36. The molecule has 4 heteroatoms. The Morgan fingerprint density at radius 1 is 1.04 bits per heavy atom. The van der Waals surface area contributed by atoms with E-state index in [1.165, 1.54) is 11.1 Å². The maximum Gasteiger partial charge on any atom is 0.193 e. The molecule has 2 aromatic rings. The van der Waals surface area contributed by atoms with Crippen molar-refractivity contribution in [2.45, 2.75) is 26.2 Å². The van der Waals surface area contributed by atoms with Crippen molar-refractivity contribution in [3.05, 3.63) is 65.7 Å². The summed E-state index contributed by atoms with van der Waals surface area (Å²) in [6.45, 7) is 4.24. The molecule has 0 aliphatic carbocycles. The summed E-state index contributed by atoms with van der Waals surface area (Å²) < 4.78 is 5.64. The second-order valence-corrected chi connectivity index (χ2v) is 5.65. The lowest BCUT2D eigenvalue weighted by molar-refractivity contribution is 0.136. The average Bonchev–Trinajstić information content (AvgIpc) is 2.62. The number of hydrogen-bond acceptors (Lipinski definition) is 2. The monoisotopic (exact) mass is 325 g/mol. The lowest BCUT2D eigenvalue weighted by Crippen LogP contribution is -2.23. The standard InChI is InChI=1S/C20H27N3O/c1-2-17-10-6-11-19(16-17)23-20(21)22-13-7-14-24-15-12-18-8-4-3-5-9-18/h3-6,8-11,16H,2,7,12-15H2,1H3,(H3,21,22,23). The highest BCUT2D eigenvalue weighted by molar-refractivity contribution is 5.92. The second kappa shape index (κ2) is 10.4. The summed E-state index contributed by atoms with van der Waals surface area (Å²) in [5.41, 5.74) is 9.47. The van der Waals surface area contributed by atoms with E-state index in [2.05, 4.69) is 53.6 Å². The predicted molar refractivity (Wildman–Crippen MR) is 102 cm³/mol. The maximum absolute atomic E-state index is 5.91. The SMILES string of the molecule is CCc1cccc(NC(N)=NCCCOCCc2ccccc2)c1. The Balaban J connectivity index is 1.59. The summed E-state index contributed by atoms with van der Waals surface area (Å²) in [4.78, 5) is 4.33. The molecule has 3 N–H and O–H groups in total. The lowest BCUT2D eigenvalue weighted by Gasteiger charge is -2.07. The molecule has 4 nitrogen and oxygen atoms in total. The van der Waals surface area contributed by atoms with Gasteiger partial charge in [0, 0.05) is 18.8 Å². The Bertz CT molecular complexity index is 626. The summed E-state index contributed by atoms with van der Waals surface area (Å²) in [5.74, 6) is 0.451. The van der Waals surface area contributed by atoms with E-state index in [4.69, 9.17) is 10.5 Å². The van der Waals surface area contributed by atoms with Gasteiger partial charge >= 0.3 is 0 Å². The number of rotatable bonds is 9. The van der Waals surface area contributed by atoms with Crippen molar-refractivity contribution in [3.63, 3.8) is 0 Å². The molecule has 0 unspecified atom stereocenters. The maximum atomic E-state index is 5.91. The summed E-state index contributed by atoms with van der Waals surface area (Å²) in [6, 6.07) is 18.6. The Morgan fingerprint density at radius 3 is 2.62 bits per heavy atom. The van der Waals surface area contributed by atoms with E-state index in [0.29, 0.717) is 19.1 Å². The molecule has 0 saturated heterocycles. The zero-order valence-electron chi connectivity index (χ0n) is 14.4. The molecule has 0 fully saturated rings. The van der Waals surface area contributed by atoms with Crippen LogP contribution in [0, 0.1) is 0 Å². The van der Waals surface area contributed by atoms with Crippen LogP contribution in [0.25, 0.3) is 0 Å². The van der Waals surface area contributed by atoms with Gasteiger partial charge in [0.05, 0.1) is 6.61 Å². The van der Waals surface area contributed by atoms with E-state index in [1.54, 1.807) is 0 Å². The van der Waals surface area contributed by atoms with Gasteiger partial charge < -0.3 is 15.8 Å². The molecule has 0 saturated carbocycles.